The van der Waals surface area contributed by atoms with Gasteiger partial charge in [-0.1, -0.05) is 12.1 Å². The van der Waals surface area contributed by atoms with E-state index in [1.54, 1.807) is 11.3 Å². The molecule has 0 radical (unpaired) electrons. The number of rotatable bonds is 2. The Morgan fingerprint density at radius 3 is 3.00 bits per heavy atom. The molecule has 1 heterocycles. The highest BCUT2D eigenvalue weighted by Crippen LogP contribution is 2.24. The summed E-state index contributed by atoms with van der Waals surface area (Å²) in [5.41, 5.74) is 7.87. The van der Waals surface area contributed by atoms with Crippen LogP contribution in [0.25, 0.3) is 10.2 Å². The van der Waals surface area contributed by atoms with E-state index in [4.69, 9.17) is 5.73 Å². The lowest BCUT2D eigenvalue weighted by molar-refractivity contribution is 0.957. The first-order valence-electron chi connectivity index (χ1n) is 4.36. The summed E-state index contributed by atoms with van der Waals surface area (Å²) in [5, 5.41) is 1.15. The Morgan fingerprint density at radius 1 is 1.46 bits per heavy atom. The monoisotopic (exact) mass is 192 g/mol. The van der Waals surface area contributed by atoms with Gasteiger partial charge in [0, 0.05) is 6.42 Å². The van der Waals surface area contributed by atoms with Crippen LogP contribution in [0.2, 0.25) is 0 Å². The van der Waals surface area contributed by atoms with Crippen LogP contribution >= 0.6 is 11.3 Å². The van der Waals surface area contributed by atoms with E-state index in [1.807, 2.05) is 0 Å². The molecule has 1 aromatic heterocycles. The second kappa shape index (κ2) is 3.44. The van der Waals surface area contributed by atoms with Crippen molar-refractivity contribution in [2.45, 2.75) is 13.3 Å². The molecule has 0 unspecified atom stereocenters. The summed E-state index contributed by atoms with van der Waals surface area (Å²) in [4.78, 5) is 4.54. The van der Waals surface area contributed by atoms with E-state index in [2.05, 4.69) is 30.1 Å². The Labute approximate surface area is 81.4 Å². The summed E-state index contributed by atoms with van der Waals surface area (Å²) < 4.78 is 1.27. The number of para-hydroxylation sites is 1. The van der Waals surface area contributed by atoms with Crippen molar-refractivity contribution in [1.29, 1.82) is 0 Å². The Bertz CT molecular complexity index is 420. The highest BCUT2D eigenvalue weighted by atomic mass is 32.1. The molecule has 0 amide bonds. The van der Waals surface area contributed by atoms with Crippen molar-refractivity contribution in [1.82, 2.24) is 4.98 Å². The Kier molecular flexibility index (Phi) is 2.29. The van der Waals surface area contributed by atoms with Gasteiger partial charge >= 0.3 is 0 Å². The molecule has 2 N–H and O–H groups in total. The molecule has 2 aromatic rings. The lowest BCUT2D eigenvalue weighted by Gasteiger charge is -1.90. The summed E-state index contributed by atoms with van der Waals surface area (Å²) in [6.07, 6.45) is 0.888. The van der Waals surface area contributed by atoms with Crippen molar-refractivity contribution in [3.8, 4) is 0 Å². The van der Waals surface area contributed by atoms with Crippen LogP contribution in [0, 0.1) is 6.92 Å². The molecule has 68 valence electrons. The third-order valence-electron chi connectivity index (χ3n) is 2.02. The quantitative estimate of drug-likeness (QED) is 0.791. The molecule has 0 atom stereocenters. The fourth-order valence-electron chi connectivity index (χ4n) is 1.36. The van der Waals surface area contributed by atoms with Gasteiger partial charge in [0.2, 0.25) is 0 Å². The normalized spacial score (nSPS) is 10.9. The minimum absolute atomic E-state index is 0.679. The van der Waals surface area contributed by atoms with Crippen LogP contribution in [-0.4, -0.2) is 11.5 Å². The van der Waals surface area contributed by atoms with Gasteiger partial charge in [-0.25, -0.2) is 4.98 Å². The second-order valence-electron chi connectivity index (χ2n) is 3.07. The molecule has 0 aliphatic rings. The van der Waals surface area contributed by atoms with Crippen LogP contribution in [0.1, 0.15) is 10.6 Å². The summed E-state index contributed by atoms with van der Waals surface area (Å²) in [6.45, 7) is 2.77. The van der Waals surface area contributed by atoms with Crippen LogP contribution < -0.4 is 5.73 Å². The van der Waals surface area contributed by atoms with E-state index in [0.29, 0.717) is 6.54 Å². The number of aromatic nitrogens is 1. The molecule has 0 saturated carbocycles. The van der Waals surface area contributed by atoms with E-state index < -0.39 is 0 Å². The van der Waals surface area contributed by atoms with Crippen LogP contribution in [0.4, 0.5) is 0 Å². The lowest BCUT2D eigenvalue weighted by atomic mass is 10.2. The molecule has 0 spiro atoms. The largest absolute Gasteiger partial charge is 0.330 e. The van der Waals surface area contributed by atoms with Crippen molar-refractivity contribution in [3.63, 3.8) is 0 Å². The topological polar surface area (TPSA) is 38.9 Å². The van der Waals surface area contributed by atoms with Gasteiger partial charge in [-0.15, -0.1) is 11.3 Å². The van der Waals surface area contributed by atoms with E-state index >= 15 is 0 Å². The number of fused-ring (bicyclic) bond motifs is 1. The van der Waals surface area contributed by atoms with Crippen molar-refractivity contribution < 1.29 is 0 Å². The average molecular weight is 192 g/mol. The van der Waals surface area contributed by atoms with Gasteiger partial charge in [0.25, 0.3) is 0 Å². The number of nitrogens with zero attached hydrogens (tertiary/aromatic N) is 1. The summed E-state index contributed by atoms with van der Waals surface area (Å²) in [6, 6.07) is 6.27. The van der Waals surface area contributed by atoms with Gasteiger partial charge in [0.15, 0.2) is 0 Å². The molecule has 0 aliphatic carbocycles. The van der Waals surface area contributed by atoms with Crippen LogP contribution in [-0.2, 0) is 6.42 Å². The molecule has 1 aromatic carbocycles. The summed E-state index contributed by atoms with van der Waals surface area (Å²) in [7, 11) is 0. The predicted octanol–water partition coefficient (Wildman–Crippen LogP) is 2.11. The van der Waals surface area contributed by atoms with Gasteiger partial charge < -0.3 is 5.73 Å². The highest BCUT2D eigenvalue weighted by Gasteiger charge is 2.03. The summed E-state index contributed by atoms with van der Waals surface area (Å²) >= 11 is 1.74. The molecule has 13 heavy (non-hydrogen) atoms. The van der Waals surface area contributed by atoms with Gasteiger partial charge in [-0.05, 0) is 25.1 Å². The first-order chi connectivity index (χ1) is 6.31. The zero-order valence-corrected chi connectivity index (χ0v) is 8.40. The van der Waals surface area contributed by atoms with Crippen LogP contribution in [0.15, 0.2) is 18.2 Å². The number of nitrogens with two attached hydrogens (primary N) is 1. The Hall–Kier alpha value is -0.930. The minimum atomic E-state index is 0.679. The Morgan fingerprint density at radius 2 is 2.31 bits per heavy atom. The average Bonchev–Trinajstić information content (AvgIpc) is 2.49. The van der Waals surface area contributed by atoms with Gasteiger partial charge in [0.1, 0.15) is 0 Å². The second-order valence-corrected chi connectivity index (χ2v) is 4.18. The maximum atomic E-state index is 5.49. The van der Waals surface area contributed by atoms with E-state index in [9.17, 15) is 0 Å². The number of benzene rings is 1. The first-order valence-corrected chi connectivity index (χ1v) is 5.18. The van der Waals surface area contributed by atoms with Crippen molar-refractivity contribution >= 4 is 21.6 Å². The third-order valence-corrected chi connectivity index (χ3v) is 3.10. The molecule has 0 bridgehead atoms. The predicted molar refractivity (Wildman–Crippen MR) is 57.1 cm³/mol. The molecule has 0 saturated heterocycles. The van der Waals surface area contributed by atoms with Crippen molar-refractivity contribution in [2.75, 3.05) is 6.54 Å². The number of hydrogen-bond donors (Lipinski definition) is 1. The molecular weight excluding hydrogens is 180 g/mol. The molecule has 2 rings (SSSR count). The molecule has 0 aliphatic heterocycles. The highest BCUT2D eigenvalue weighted by molar-refractivity contribution is 7.18. The van der Waals surface area contributed by atoms with E-state index in [-0.39, 0.29) is 0 Å². The standard InChI is InChI=1S/C10H12N2S/c1-7-3-2-4-8-10(7)12-9(13-8)5-6-11/h2-4H,5-6,11H2,1H3. The van der Waals surface area contributed by atoms with E-state index in [1.165, 1.54) is 10.3 Å². The van der Waals surface area contributed by atoms with Gasteiger partial charge in [0.05, 0.1) is 15.2 Å². The maximum Gasteiger partial charge on any atom is 0.0951 e. The zero-order valence-electron chi connectivity index (χ0n) is 7.58. The number of hydrogen-bond acceptors (Lipinski definition) is 3. The Balaban J connectivity index is 2.55. The molecule has 3 heteroatoms. The lowest BCUT2D eigenvalue weighted by Crippen LogP contribution is -2.01. The van der Waals surface area contributed by atoms with Gasteiger partial charge in [-0.2, -0.15) is 0 Å². The third kappa shape index (κ3) is 1.57. The number of aryl methyl sites for hydroxylation is 1. The molecular formula is C10H12N2S. The molecule has 0 fully saturated rings. The fourth-order valence-corrected chi connectivity index (χ4v) is 2.42. The fraction of sp³-hybridized carbons (Fsp3) is 0.300. The first kappa shape index (κ1) is 8.66. The smallest absolute Gasteiger partial charge is 0.0951 e. The van der Waals surface area contributed by atoms with Crippen molar-refractivity contribution in [3.05, 3.63) is 28.8 Å². The SMILES string of the molecule is Cc1cccc2sc(CCN)nc12. The van der Waals surface area contributed by atoms with Crippen LogP contribution in [0.3, 0.4) is 0 Å². The number of thiazole rings is 1. The van der Waals surface area contributed by atoms with Gasteiger partial charge in [-0.3, -0.25) is 0 Å². The van der Waals surface area contributed by atoms with Crippen molar-refractivity contribution in [2.24, 2.45) is 5.73 Å². The molecule has 2 nitrogen and oxygen atoms in total. The van der Waals surface area contributed by atoms with E-state index in [0.717, 1.165) is 16.9 Å². The zero-order chi connectivity index (χ0) is 9.26. The van der Waals surface area contributed by atoms with Crippen LogP contribution in [0.5, 0.6) is 0 Å². The minimum Gasteiger partial charge on any atom is -0.330 e. The maximum absolute atomic E-state index is 5.49. The summed E-state index contributed by atoms with van der Waals surface area (Å²) in [5.74, 6) is 0.